The molecule has 3 heteroatoms. The monoisotopic (exact) mass is 370 g/mol. The average Bonchev–Trinajstić information content (AvgIpc) is 3.12. The maximum atomic E-state index is 6.30. The van der Waals surface area contributed by atoms with E-state index in [0.717, 1.165) is 33.3 Å². The summed E-state index contributed by atoms with van der Waals surface area (Å²) in [7, 11) is 0. The molecule has 1 aromatic carbocycles. The van der Waals surface area contributed by atoms with Gasteiger partial charge >= 0.3 is 0 Å². The van der Waals surface area contributed by atoms with E-state index in [4.69, 9.17) is 14.4 Å². The summed E-state index contributed by atoms with van der Waals surface area (Å²) in [6, 6.07) is 14.9. The quantitative estimate of drug-likeness (QED) is 0.382. The number of hydrogen-bond acceptors (Lipinski definition) is 3. The Morgan fingerprint density at radius 3 is 2.54 bits per heavy atom. The van der Waals surface area contributed by atoms with Crippen molar-refractivity contribution in [1.29, 1.82) is 0 Å². The zero-order valence-electron chi connectivity index (χ0n) is 16.6. The SMILES string of the molecule is CC(C)c1ccc(-c2cccc3c2oc2nc(C4CCCCC4)ccc23)nc1. The highest BCUT2D eigenvalue weighted by molar-refractivity contribution is 6.08. The van der Waals surface area contributed by atoms with Crippen LogP contribution in [0.4, 0.5) is 0 Å². The van der Waals surface area contributed by atoms with Crippen molar-refractivity contribution >= 4 is 22.1 Å². The molecule has 142 valence electrons. The van der Waals surface area contributed by atoms with Crippen LogP contribution in [0, 0.1) is 0 Å². The van der Waals surface area contributed by atoms with Crippen LogP contribution in [0.25, 0.3) is 33.3 Å². The van der Waals surface area contributed by atoms with Gasteiger partial charge in [-0.3, -0.25) is 4.98 Å². The minimum absolute atomic E-state index is 0.478. The number of aromatic nitrogens is 2. The van der Waals surface area contributed by atoms with Crippen LogP contribution in [0.15, 0.2) is 53.1 Å². The largest absolute Gasteiger partial charge is 0.437 e. The predicted octanol–water partition coefficient (Wildman–Crippen LogP) is 7.21. The van der Waals surface area contributed by atoms with Crippen molar-refractivity contribution in [2.45, 2.75) is 57.8 Å². The summed E-state index contributed by atoms with van der Waals surface area (Å²) < 4.78 is 6.30. The fraction of sp³-hybridized carbons (Fsp3) is 0.360. The Balaban J connectivity index is 1.61. The van der Waals surface area contributed by atoms with Crippen LogP contribution in [-0.4, -0.2) is 9.97 Å². The highest BCUT2D eigenvalue weighted by Gasteiger charge is 2.19. The number of para-hydroxylation sites is 1. The molecular formula is C25H26N2O. The first-order chi connectivity index (χ1) is 13.7. The van der Waals surface area contributed by atoms with Crippen molar-refractivity contribution in [2.24, 2.45) is 0 Å². The van der Waals surface area contributed by atoms with Crippen LogP contribution < -0.4 is 0 Å². The van der Waals surface area contributed by atoms with Crippen LogP contribution in [0.5, 0.6) is 0 Å². The maximum absolute atomic E-state index is 6.30. The number of benzene rings is 1. The maximum Gasteiger partial charge on any atom is 0.227 e. The Labute approximate surface area is 165 Å². The smallest absolute Gasteiger partial charge is 0.227 e. The van der Waals surface area contributed by atoms with Gasteiger partial charge in [-0.1, -0.05) is 51.3 Å². The van der Waals surface area contributed by atoms with Crippen molar-refractivity contribution in [1.82, 2.24) is 9.97 Å². The topological polar surface area (TPSA) is 38.9 Å². The summed E-state index contributed by atoms with van der Waals surface area (Å²) in [6.07, 6.45) is 8.45. The van der Waals surface area contributed by atoms with E-state index >= 15 is 0 Å². The zero-order chi connectivity index (χ0) is 19.1. The Morgan fingerprint density at radius 1 is 0.929 bits per heavy atom. The van der Waals surface area contributed by atoms with Gasteiger partial charge in [-0.2, -0.15) is 0 Å². The average molecular weight is 370 g/mol. The molecule has 1 aliphatic rings. The molecule has 0 radical (unpaired) electrons. The van der Waals surface area contributed by atoms with E-state index < -0.39 is 0 Å². The zero-order valence-corrected chi connectivity index (χ0v) is 16.6. The normalized spacial score (nSPS) is 15.7. The van der Waals surface area contributed by atoms with E-state index in [9.17, 15) is 0 Å². The lowest BCUT2D eigenvalue weighted by Crippen LogP contribution is -2.06. The fourth-order valence-corrected chi connectivity index (χ4v) is 4.43. The molecule has 1 aliphatic carbocycles. The molecule has 4 aromatic rings. The Kier molecular flexibility index (Phi) is 4.38. The summed E-state index contributed by atoms with van der Waals surface area (Å²) in [4.78, 5) is 9.62. The molecule has 0 atom stereocenters. The van der Waals surface area contributed by atoms with Crippen molar-refractivity contribution in [3.8, 4) is 11.3 Å². The molecule has 0 amide bonds. The highest BCUT2D eigenvalue weighted by atomic mass is 16.3. The fourth-order valence-electron chi connectivity index (χ4n) is 4.43. The summed E-state index contributed by atoms with van der Waals surface area (Å²) in [6.45, 7) is 4.37. The van der Waals surface area contributed by atoms with E-state index in [-0.39, 0.29) is 0 Å². The number of furan rings is 1. The minimum atomic E-state index is 0.478. The summed E-state index contributed by atoms with van der Waals surface area (Å²) in [5.41, 5.74) is 6.05. The third-order valence-electron chi connectivity index (χ3n) is 6.14. The van der Waals surface area contributed by atoms with Crippen molar-refractivity contribution < 1.29 is 4.42 Å². The molecule has 0 aliphatic heterocycles. The van der Waals surface area contributed by atoms with Crippen LogP contribution in [0.2, 0.25) is 0 Å². The molecule has 0 bridgehead atoms. The van der Waals surface area contributed by atoms with Gasteiger partial charge in [-0.25, -0.2) is 4.98 Å². The lowest BCUT2D eigenvalue weighted by molar-refractivity contribution is 0.436. The molecule has 3 aromatic heterocycles. The van der Waals surface area contributed by atoms with Gasteiger partial charge in [-0.05, 0) is 48.6 Å². The van der Waals surface area contributed by atoms with E-state index in [1.165, 1.54) is 43.4 Å². The second-order valence-corrected chi connectivity index (χ2v) is 8.34. The summed E-state index contributed by atoms with van der Waals surface area (Å²) >= 11 is 0. The lowest BCUT2D eigenvalue weighted by atomic mass is 9.86. The van der Waals surface area contributed by atoms with Gasteiger partial charge in [0.15, 0.2) is 0 Å². The Morgan fingerprint density at radius 2 is 1.79 bits per heavy atom. The molecule has 0 unspecified atom stereocenters. The van der Waals surface area contributed by atoms with Crippen molar-refractivity contribution in [3.05, 3.63) is 59.9 Å². The van der Waals surface area contributed by atoms with Crippen molar-refractivity contribution in [3.63, 3.8) is 0 Å². The molecule has 5 rings (SSSR count). The molecule has 0 spiro atoms. The van der Waals surface area contributed by atoms with E-state index in [2.05, 4.69) is 56.3 Å². The summed E-state index contributed by atoms with van der Waals surface area (Å²) in [5, 5.41) is 2.21. The van der Waals surface area contributed by atoms with E-state index in [1.54, 1.807) is 0 Å². The summed E-state index contributed by atoms with van der Waals surface area (Å²) in [5.74, 6) is 1.06. The van der Waals surface area contributed by atoms with Gasteiger partial charge in [-0.15, -0.1) is 0 Å². The van der Waals surface area contributed by atoms with Gasteiger partial charge in [0.05, 0.1) is 5.69 Å². The number of nitrogens with zero attached hydrogens (tertiary/aromatic N) is 2. The Bertz CT molecular complexity index is 1120. The van der Waals surface area contributed by atoms with Gasteiger partial charge in [0, 0.05) is 34.1 Å². The third kappa shape index (κ3) is 2.99. The van der Waals surface area contributed by atoms with E-state index in [1.807, 2.05) is 6.20 Å². The molecular weight excluding hydrogens is 344 g/mol. The van der Waals surface area contributed by atoms with Gasteiger partial charge in [0.1, 0.15) is 5.58 Å². The number of hydrogen-bond donors (Lipinski definition) is 0. The first kappa shape index (κ1) is 17.4. The predicted molar refractivity (Wildman–Crippen MR) is 115 cm³/mol. The van der Waals surface area contributed by atoms with E-state index in [0.29, 0.717) is 11.8 Å². The number of fused-ring (bicyclic) bond motifs is 3. The molecule has 28 heavy (non-hydrogen) atoms. The van der Waals surface area contributed by atoms with Gasteiger partial charge in [0.25, 0.3) is 0 Å². The second kappa shape index (κ2) is 7.05. The van der Waals surface area contributed by atoms with Crippen LogP contribution in [0.1, 0.15) is 69.0 Å². The molecule has 0 saturated heterocycles. The molecule has 1 saturated carbocycles. The molecule has 0 N–H and O–H groups in total. The first-order valence-electron chi connectivity index (χ1n) is 10.5. The number of pyridine rings is 2. The third-order valence-corrected chi connectivity index (χ3v) is 6.14. The van der Waals surface area contributed by atoms with Crippen molar-refractivity contribution in [2.75, 3.05) is 0 Å². The number of rotatable bonds is 3. The molecule has 3 nitrogen and oxygen atoms in total. The second-order valence-electron chi connectivity index (χ2n) is 8.34. The Hall–Kier alpha value is -2.68. The highest BCUT2D eigenvalue weighted by Crippen LogP contribution is 2.37. The lowest BCUT2D eigenvalue weighted by Gasteiger charge is -2.20. The van der Waals surface area contributed by atoms with Crippen LogP contribution in [0.3, 0.4) is 0 Å². The van der Waals surface area contributed by atoms with Gasteiger partial charge < -0.3 is 4.42 Å². The minimum Gasteiger partial charge on any atom is -0.437 e. The molecule has 1 fully saturated rings. The first-order valence-corrected chi connectivity index (χ1v) is 10.5. The van der Waals surface area contributed by atoms with Crippen LogP contribution >= 0.6 is 0 Å². The van der Waals surface area contributed by atoms with Gasteiger partial charge in [0.2, 0.25) is 5.71 Å². The van der Waals surface area contributed by atoms with Crippen LogP contribution in [-0.2, 0) is 0 Å². The molecule has 3 heterocycles. The standard InChI is InChI=1S/C25H26N2O/c1-16(2)18-11-13-23(26-15-18)21-10-6-9-19-20-12-14-22(17-7-4-3-5-8-17)27-25(20)28-24(19)21/h6,9-17H,3-5,7-8H2,1-2H3.